The highest BCUT2D eigenvalue weighted by molar-refractivity contribution is 5.64. The van der Waals surface area contributed by atoms with E-state index in [2.05, 4.69) is 36.5 Å². The van der Waals surface area contributed by atoms with Gasteiger partial charge in [-0.25, -0.2) is 0 Å². The molecule has 2 fully saturated rings. The van der Waals surface area contributed by atoms with E-state index in [-0.39, 0.29) is 0 Å². The zero-order valence-corrected chi connectivity index (χ0v) is 14.8. The second kappa shape index (κ2) is 10.2. The van der Waals surface area contributed by atoms with Gasteiger partial charge in [0.05, 0.1) is 0 Å². The first-order chi connectivity index (χ1) is 10.8. The van der Waals surface area contributed by atoms with Crippen molar-refractivity contribution < 1.29 is 0 Å². The standard InChI is InChI=1S/C20H36N2/c1-3-5-17-7-11-19(12-8-17)15-21-22-16-20-13-9-18(6-4-2)10-14-20/h15-20H,3-14H2,1-2H3. The molecule has 0 aliphatic heterocycles. The third-order valence-electron chi connectivity index (χ3n) is 5.80. The van der Waals surface area contributed by atoms with Gasteiger partial charge >= 0.3 is 0 Å². The van der Waals surface area contributed by atoms with Gasteiger partial charge < -0.3 is 0 Å². The molecule has 0 aromatic heterocycles. The summed E-state index contributed by atoms with van der Waals surface area (Å²) in [6.07, 6.45) is 20.7. The van der Waals surface area contributed by atoms with Crippen LogP contribution in [-0.2, 0) is 0 Å². The van der Waals surface area contributed by atoms with Crippen molar-refractivity contribution in [2.75, 3.05) is 0 Å². The van der Waals surface area contributed by atoms with Crippen LogP contribution in [-0.4, -0.2) is 12.4 Å². The molecule has 0 bridgehead atoms. The summed E-state index contributed by atoms with van der Waals surface area (Å²) in [4.78, 5) is 0. The maximum atomic E-state index is 4.36. The van der Waals surface area contributed by atoms with Crippen molar-refractivity contribution in [1.82, 2.24) is 0 Å². The maximum absolute atomic E-state index is 4.36. The summed E-state index contributed by atoms with van der Waals surface area (Å²) >= 11 is 0. The number of hydrogen-bond donors (Lipinski definition) is 0. The van der Waals surface area contributed by atoms with Crippen molar-refractivity contribution in [2.45, 2.75) is 90.9 Å². The third-order valence-corrected chi connectivity index (χ3v) is 5.80. The molecule has 2 aliphatic carbocycles. The smallest absolute Gasteiger partial charge is 0.0301 e. The monoisotopic (exact) mass is 304 g/mol. The van der Waals surface area contributed by atoms with Gasteiger partial charge in [0.25, 0.3) is 0 Å². The minimum absolute atomic E-state index is 0.686. The van der Waals surface area contributed by atoms with Gasteiger partial charge in [0.15, 0.2) is 0 Å². The molecule has 2 heteroatoms. The van der Waals surface area contributed by atoms with E-state index in [4.69, 9.17) is 0 Å². The normalized spacial score (nSPS) is 33.7. The lowest BCUT2D eigenvalue weighted by atomic mass is 9.80. The fraction of sp³-hybridized carbons (Fsp3) is 0.900. The topological polar surface area (TPSA) is 24.7 Å². The summed E-state index contributed by atoms with van der Waals surface area (Å²) in [6, 6.07) is 0. The molecule has 0 amide bonds. The highest BCUT2D eigenvalue weighted by atomic mass is 15.2. The summed E-state index contributed by atoms with van der Waals surface area (Å²) in [6.45, 7) is 4.61. The Morgan fingerprint density at radius 3 is 1.32 bits per heavy atom. The van der Waals surface area contributed by atoms with E-state index in [0.29, 0.717) is 11.8 Å². The molecule has 2 nitrogen and oxygen atoms in total. The fourth-order valence-electron chi connectivity index (χ4n) is 4.33. The molecule has 2 rings (SSSR count). The Labute approximate surface area is 137 Å². The van der Waals surface area contributed by atoms with E-state index < -0.39 is 0 Å². The Balaban J connectivity index is 1.61. The highest BCUT2D eigenvalue weighted by Gasteiger charge is 2.20. The first kappa shape index (κ1) is 17.7. The second-order valence-corrected chi connectivity index (χ2v) is 7.67. The fourth-order valence-corrected chi connectivity index (χ4v) is 4.33. The second-order valence-electron chi connectivity index (χ2n) is 7.67. The SMILES string of the molecule is CCCC1CCC(C=NN=CC2CCC(CCC)CC2)CC1. The minimum Gasteiger partial charge on any atom is -0.164 e. The van der Waals surface area contributed by atoms with Gasteiger partial charge in [0, 0.05) is 12.4 Å². The van der Waals surface area contributed by atoms with E-state index in [9.17, 15) is 0 Å². The minimum atomic E-state index is 0.686. The van der Waals surface area contributed by atoms with Crippen molar-refractivity contribution >= 4 is 12.4 Å². The van der Waals surface area contributed by atoms with Crippen molar-refractivity contribution in [3.8, 4) is 0 Å². The Bertz CT molecular complexity index is 298. The van der Waals surface area contributed by atoms with Gasteiger partial charge in [-0.1, -0.05) is 39.5 Å². The first-order valence-electron chi connectivity index (χ1n) is 9.88. The van der Waals surface area contributed by atoms with Crippen LogP contribution in [0.2, 0.25) is 0 Å². The van der Waals surface area contributed by atoms with E-state index in [1.807, 2.05) is 0 Å². The molecule has 0 heterocycles. The summed E-state index contributed by atoms with van der Waals surface area (Å²) < 4.78 is 0. The first-order valence-corrected chi connectivity index (χ1v) is 9.88. The molecule has 0 radical (unpaired) electrons. The molecule has 0 N–H and O–H groups in total. The van der Waals surface area contributed by atoms with Crippen LogP contribution in [0.1, 0.15) is 90.9 Å². The Hall–Kier alpha value is -0.660. The maximum Gasteiger partial charge on any atom is 0.0301 e. The number of hydrogen-bond acceptors (Lipinski definition) is 2. The van der Waals surface area contributed by atoms with Gasteiger partial charge in [-0.05, 0) is 75.0 Å². The molecule has 0 atom stereocenters. The number of rotatable bonds is 7. The predicted octanol–water partition coefficient (Wildman–Crippen LogP) is 6.26. The Morgan fingerprint density at radius 2 is 1.00 bits per heavy atom. The van der Waals surface area contributed by atoms with Crippen molar-refractivity contribution in [1.29, 1.82) is 0 Å². The lowest BCUT2D eigenvalue weighted by molar-refractivity contribution is 0.306. The van der Waals surface area contributed by atoms with Gasteiger partial charge in [0.1, 0.15) is 0 Å². The quantitative estimate of drug-likeness (QED) is 0.392. The van der Waals surface area contributed by atoms with Gasteiger partial charge in [-0.2, -0.15) is 10.2 Å². The summed E-state index contributed by atoms with van der Waals surface area (Å²) in [7, 11) is 0. The van der Waals surface area contributed by atoms with Crippen LogP contribution >= 0.6 is 0 Å². The zero-order chi connectivity index (χ0) is 15.6. The largest absolute Gasteiger partial charge is 0.164 e. The third kappa shape index (κ3) is 6.22. The van der Waals surface area contributed by atoms with Crippen molar-refractivity contribution in [3.63, 3.8) is 0 Å². The van der Waals surface area contributed by atoms with E-state index in [0.717, 1.165) is 11.8 Å². The molecule has 0 aromatic carbocycles. The van der Waals surface area contributed by atoms with Crippen LogP contribution in [0.25, 0.3) is 0 Å². The van der Waals surface area contributed by atoms with Crippen molar-refractivity contribution in [2.24, 2.45) is 33.9 Å². The molecular weight excluding hydrogens is 268 g/mol. The summed E-state index contributed by atoms with van der Waals surface area (Å²) in [5.41, 5.74) is 0. The van der Waals surface area contributed by atoms with Gasteiger partial charge in [-0.3, -0.25) is 0 Å². The van der Waals surface area contributed by atoms with E-state index >= 15 is 0 Å². The lowest BCUT2D eigenvalue weighted by Crippen LogP contribution is -2.16. The molecule has 22 heavy (non-hydrogen) atoms. The van der Waals surface area contributed by atoms with Gasteiger partial charge in [0.2, 0.25) is 0 Å². The Kier molecular flexibility index (Phi) is 8.18. The van der Waals surface area contributed by atoms with Crippen LogP contribution in [0, 0.1) is 23.7 Å². The average molecular weight is 305 g/mol. The number of nitrogens with zero attached hydrogens (tertiary/aromatic N) is 2. The van der Waals surface area contributed by atoms with Crippen LogP contribution in [0.15, 0.2) is 10.2 Å². The van der Waals surface area contributed by atoms with Crippen LogP contribution in [0.5, 0.6) is 0 Å². The van der Waals surface area contributed by atoms with Crippen molar-refractivity contribution in [3.05, 3.63) is 0 Å². The average Bonchev–Trinajstić information content (AvgIpc) is 2.55. The molecule has 126 valence electrons. The molecule has 0 spiro atoms. The summed E-state index contributed by atoms with van der Waals surface area (Å²) in [5, 5.41) is 8.72. The highest BCUT2D eigenvalue weighted by Crippen LogP contribution is 2.31. The van der Waals surface area contributed by atoms with Gasteiger partial charge in [-0.15, -0.1) is 0 Å². The molecular formula is C20H36N2. The zero-order valence-electron chi connectivity index (χ0n) is 14.8. The lowest BCUT2D eigenvalue weighted by Gasteiger charge is -2.26. The molecule has 0 saturated heterocycles. The van der Waals surface area contributed by atoms with Crippen LogP contribution < -0.4 is 0 Å². The van der Waals surface area contributed by atoms with E-state index in [1.54, 1.807) is 0 Å². The molecule has 0 aromatic rings. The van der Waals surface area contributed by atoms with Crippen LogP contribution in [0.4, 0.5) is 0 Å². The summed E-state index contributed by atoms with van der Waals surface area (Å²) in [5.74, 6) is 3.34. The molecule has 2 aliphatic rings. The predicted molar refractivity (Wildman–Crippen MR) is 97.7 cm³/mol. The molecule has 2 saturated carbocycles. The van der Waals surface area contributed by atoms with Crippen LogP contribution in [0.3, 0.4) is 0 Å². The Morgan fingerprint density at radius 1 is 0.636 bits per heavy atom. The molecule has 0 unspecified atom stereocenters. The van der Waals surface area contributed by atoms with E-state index in [1.165, 1.54) is 77.0 Å².